The summed E-state index contributed by atoms with van der Waals surface area (Å²) < 4.78 is 5.54. The molecule has 18 heavy (non-hydrogen) atoms. The van der Waals surface area contributed by atoms with Crippen LogP contribution in [0.15, 0.2) is 12.1 Å². The van der Waals surface area contributed by atoms with E-state index in [9.17, 15) is 0 Å². The molecule has 1 heterocycles. The van der Waals surface area contributed by atoms with Crippen molar-refractivity contribution in [1.82, 2.24) is 5.32 Å². The number of hydrogen-bond acceptors (Lipinski definition) is 2. The summed E-state index contributed by atoms with van der Waals surface area (Å²) in [6.45, 7) is 6.15. The monoisotopic (exact) mass is 265 g/mol. The number of hydrogen-bond donors (Lipinski definition) is 1. The van der Waals surface area contributed by atoms with Gasteiger partial charge in [0.2, 0.25) is 0 Å². The van der Waals surface area contributed by atoms with E-state index < -0.39 is 0 Å². The predicted octanol–water partition coefficient (Wildman–Crippen LogP) is 3.73. The van der Waals surface area contributed by atoms with Crippen LogP contribution in [-0.2, 0) is 0 Å². The largest absolute Gasteiger partial charge is 0.496 e. The van der Waals surface area contributed by atoms with Crippen molar-refractivity contribution in [1.29, 1.82) is 0 Å². The first-order valence-electron chi connectivity index (χ1n) is 6.39. The van der Waals surface area contributed by atoms with Crippen LogP contribution < -0.4 is 10.1 Å². The first kappa shape index (κ1) is 13.4. The highest BCUT2D eigenvalue weighted by Crippen LogP contribution is 2.37. The summed E-state index contributed by atoms with van der Waals surface area (Å²) in [5, 5.41) is 4.25. The quantitative estimate of drug-likeness (QED) is 0.880. The predicted molar refractivity (Wildman–Crippen MR) is 77.6 cm³/mol. The number of ether oxygens (including phenoxy) is 1. The Hall–Kier alpha value is -0.990. The summed E-state index contributed by atoms with van der Waals surface area (Å²) >= 11 is 6.37. The summed E-state index contributed by atoms with van der Waals surface area (Å²) in [6, 6.07) is 2.03. The van der Waals surface area contributed by atoms with Gasteiger partial charge in [0, 0.05) is 10.6 Å². The third-order valence-electron chi connectivity index (χ3n) is 3.47. The van der Waals surface area contributed by atoms with Crippen molar-refractivity contribution in [3.05, 3.63) is 33.9 Å². The molecule has 2 rings (SSSR count). The van der Waals surface area contributed by atoms with Gasteiger partial charge in [0.05, 0.1) is 7.11 Å². The van der Waals surface area contributed by atoms with E-state index in [2.05, 4.69) is 18.3 Å². The number of rotatable bonds is 2. The minimum atomic E-state index is 0.851. The van der Waals surface area contributed by atoms with Crippen molar-refractivity contribution in [2.75, 3.05) is 20.2 Å². The lowest BCUT2D eigenvalue weighted by Crippen LogP contribution is -2.14. The van der Waals surface area contributed by atoms with Crippen molar-refractivity contribution in [2.45, 2.75) is 26.7 Å². The molecule has 1 aromatic carbocycles. The second kappa shape index (κ2) is 5.77. The normalized spacial score (nSPS) is 16.1. The zero-order chi connectivity index (χ0) is 13.1. The highest BCUT2D eigenvalue weighted by molar-refractivity contribution is 6.32. The fourth-order valence-electron chi connectivity index (χ4n) is 2.51. The summed E-state index contributed by atoms with van der Waals surface area (Å²) in [5.74, 6) is 0.933. The maximum absolute atomic E-state index is 6.37. The fraction of sp³-hybridized carbons (Fsp3) is 0.467. The van der Waals surface area contributed by atoms with Gasteiger partial charge in [-0.3, -0.25) is 0 Å². The average molecular weight is 266 g/mol. The van der Waals surface area contributed by atoms with E-state index in [4.69, 9.17) is 16.3 Å². The third kappa shape index (κ3) is 2.55. The van der Waals surface area contributed by atoms with E-state index in [0.29, 0.717) is 0 Å². The van der Waals surface area contributed by atoms with Crippen LogP contribution in [0.4, 0.5) is 0 Å². The van der Waals surface area contributed by atoms with Crippen molar-refractivity contribution >= 4 is 17.2 Å². The summed E-state index contributed by atoms with van der Waals surface area (Å²) in [7, 11) is 1.72. The maximum atomic E-state index is 6.37. The average Bonchev–Trinajstić information content (AvgIpc) is 2.64. The lowest BCUT2D eigenvalue weighted by Gasteiger charge is -2.17. The topological polar surface area (TPSA) is 21.3 Å². The number of nitrogens with one attached hydrogen (secondary N) is 1. The standard InChI is InChI=1S/C15H20ClNO/c1-10-9-13(18-3)14(11(2)15(10)16)12-5-4-7-17-8-6-12/h5,9,17H,4,6-8H2,1-3H3. The first-order chi connectivity index (χ1) is 8.65. The van der Waals surface area contributed by atoms with Gasteiger partial charge in [0.15, 0.2) is 0 Å². The number of halogens is 1. The molecule has 0 unspecified atom stereocenters. The Bertz CT molecular complexity index is 480. The molecule has 0 radical (unpaired) electrons. The second-order valence-electron chi connectivity index (χ2n) is 4.73. The molecule has 0 aliphatic carbocycles. The molecule has 0 amide bonds. The molecule has 1 N–H and O–H groups in total. The smallest absolute Gasteiger partial charge is 0.126 e. The Balaban J connectivity index is 2.54. The van der Waals surface area contributed by atoms with E-state index >= 15 is 0 Å². The number of aryl methyl sites for hydroxylation is 1. The molecule has 2 nitrogen and oxygen atoms in total. The van der Waals surface area contributed by atoms with Crippen molar-refractivity contribution in [3.63, 3.8) is 0 Å². The van der Waals surface area contributed by atoms with Crippen molar-refractivity contribution < 1.29 is 4.74 Å². The molecule has 0 bridgehead atoms. The minimum absolute atomic E-state index is 0.851. The molecule has 98 valence electrons. The van der Waals surface area contributed by atoms with E-state index in [-0.39, 0.29) is 0 Å². The molecule has 0 saturated heterocycles. The Labute approximate surface area is 114 Å². The molecular weight excluding hydrogens is 246 g/mol. The van der Waals surface area contributed by atoms with Gasteiger partial charge in [-0.1, -0.05) is 17.7 Å². The first-order valence-corrected chi connectivity index (χ1v) is 6.76. The Morgan fingerprint density at radius 3 is 2.78 bits per heavy atom. The van der Waals surface area contributed by atoms with Crippen LogP contribution in [0.2, 0.25) is 5.02 Å². The summed E-state index contributed by atoms with van der Waals surface area (Å²) in [6.07, 6.45) is 4.39. The molecule has 0 spiro atoms. The molecule has 0 saturated carbocycles. The van der Waals surface area contributed by atoms with E-state index in [0.717, 1.165) is 47.8 Å². The molecule has 0 atom stereocenters. The molecular formula is C15H20ClNO. The van der Waals surface area contributed by atoms with Crippen LogP contribution in [-0.4, -0.2) is 20.2 Å². The van der Waals surface area contributed by atoms with Crippen molar-refractivity contribution in [2.24, 2.45) is 0 Å². The van der Waals surface area contributed by atoms with Crippen LogP contribution >= 0.6 is 11.6 Å². The lowest BCUT2D eigenvalue weighted by atomic mass is 9.94. The van der Waals surface area contributed by atoms with E-state index in [1.54, 1.807) is 7.11 Å². The molecule has 3 heteroatoms. The highest BCUT2D eigenvalue weighted by Gasteiger charge is 2.16. The summed E-state index contributed by atoms with van der Waals surface area (Å²) in [5.41, 5.74) is 4.72. The van der Waals surface area contributed by atoms with Gasteiger partial charge in [-0.15, -0.1) is 0 Å². The SMILES string of the molecule is COc1cc(C)c(Cl)c(C)c1C1=CCCNCC1. The van der Waals surface area contributed by atoms with Gasteiger partial charge in [0.25, 0.3) is 0 Å². The van der Waals surface area contributed by atoms with Gasteiger partial charge in [-0.2, -0.15) is 0 Å². The van der Waals surface area contributed by atoms with Crippen LogP contribution in [0.3, 0.4) is 0 Å². The van der Waals surface area contributed by atoms with E-state index in [1.807, 2.05) is 13.0 Å². The lowest BCUT2D eigenvalue weighted by molar-refractivity contribution is 0.412. The maximum Gasteiger partial charge on any atom is 0.126 e. The van der Waals surface area contributed by atoms with Gasteiger partial charge in [-0.05, 0) is 62.5 Å². The third-order valence-corrected chi connectivity index (χ3v) is 4.05. The molecule has 0 fully saturated rings. The number of methoxy groups -OCH3 is 1. The second-order valence-corrected chi connectivity index (χ2v) is 5.11. The highest BCUT2D eigenvalue weighted by atomic mass is 35.5. The fourth-order valence-corrected chi connectivity index (χ4v) is 2.66. The van der Waals surface area contributed by atoms with Crippen LogP contribution in [0, 0.1) is 13.8 Å². The molecule has 0 aromatic heterocycles. The zero-order valence-electron chi connectivity index (χ0n) is 11.3. The Morgan fingerprint density at radius 2 is 2.06 bits per heavy atom. The Morgan fingerprint density at radius 1 is 1.28 bits per heavy atom. The minimum Gasteiger partial charge on any atom is -0.496 e. The molecule has 1 aromatic rings. The van der Waals surface area contributed by atoms with Gasteiger partial charge >= 0.3 is 0 Å². The zero-order valence-corrected chi connectivity index (χ0v) is 12.0. The summed E-state index contributed by atoms with van der Waals surface area (Å²) in [4.78, 5) is 0. The Kier molecular flexibility index (Phi) is 4.31. The molecule has 1 aliphatic rings. The van der Waals surface area contributed by atoms with Gasteiger partial charge < -0.3 is 10.1 Å². The van der Waals surface area contributed by atoms with Gasteiger partial charge in [0.1, 0.15) is 5.75 Å². The number of benzene rings is 1. The van der Waals surface area contributed by atoms with Crippen LogP contribution in [0.25, 0.3) is 5.57 Å². The van der Waals surface area contributed by atoms with Crippen LogP contribution in [0.5, 0.6) is 5.75 Å². The van der Waals surface area contributed by atoms with Gasteiger partial charge in [-0.25, -0.2) is 0 Å². The van der Waals surface area contributed by atoms with E-state index in [1.165, 1.54) is 11.1 Å². The van der Waals surface area contributed by atoms with Crippen molar-refractivity contribution in [3.8, 4) is 5.75 Å². The molecule has 1 aliphatic heterocycles. The van der Waals surface area contributed by atoms with Crippen LogP contribution in [0.1, 0.15) is 29.5 Å².